The number of Topliss-reactive ketones (excluding diaryl/α,β-unsaturated/α-hetero) is 1. The monoisotopic (exact) mass is 424 g/mol. The number of halogens is 2. The van der Waals surface area contributed by atoms with Crippen LogP contribution in [-0.2, 0) is 9.53 Å². The number of hydrogen-bond donors (Lipinski definition) is 0. The molecule has 3 aliphatic heterocycles. The number of rotatable bonds is 3. The van der Waals surface area contributed by atoms with Crippen LogP contribution < -0.4 is 4.74 Å². The number of fused-ring (bicyclic) bond motifs is 1. The summed E-state index contributed by atoms with van der Waals surface area (Å²) in [5.41, 5.74) is 0. The zero-order chi connectivity index (χ0) is 20.4. The number of benzene rings is 1. The molecule has 2 atom stereocenters. The van der Waals surface area contributed by atoms with E-state index >= 15 is 0 Å². The molecule has 0 spiro atoms. The zero-order valence-corrected chi connectivity index (χ0v) is 17.1. The van der Waals surface area contributed by atoms with Crippen molar-refractivity contribution in [3.63, 3.8) is 0 Å². The van der Waals surface area contributed by atoms with Gasteiger partial charge in [0.2, 0.25) is 0 Å². The Morgan fingerprint density at radius 2 is 1.97 bits per heavy atom. The maximum Gasteiger partial charge on any atom is 0.320 e. The molecule has 158 valence electrons. The van der Waals surface area contributed by atoms with Crippen LogP contribution >= 0.6 is 11.6 Å². The number of ether oxygens (including phenoxy) is 2. The minimum absolute atomic E-state index is 0.0578. The highest BCUT2D eigenvalue weighted by Crippen LogP contribution is 2.29. The van der Waals surface area contributed by atoms with Crippen LogP contribution in [0.25, 0.3) is 0 Å². The number of piperidine rings is 2. The van der Waals surface area contributed by atoms with Gasteiger partial charge in [-0.3, -0.25) is 4.79 Å². The normalized spacial score (nSPS) is 25.7. The summed E-state index contributed by atoms with van der Waals surface area (Å²) in [6, 6.07) is 4.17. The predicted octanol–water partition coefficient (Wildman–Crippen LogP) is 3.37. The van der Waals surface area contributed by atoms with Crippen molar-refractivity contribution >= 4 is 23.4 Å². The van der Waals surface area contributed by atoms with Crippen molar-refractivity contribution in [2.45, 2.75) is 31.8 Å². The summed E-state index contributed by atoms with van der Waals surface area (Å²) in [4.78, 5) is 28.3. The molecule has 1 aromatic rings. The molecule has 3 saturated heterocycles. The van der Waals surface area contributed by atoms with E-state index in [1.807, 2.05) is 9.80 Å². The summed E-state index contributed by atoms with van der Waals surface area (Å²) in [5.74, 6) is 0.680. The van der Waals surface area contributed by atoms with E-state index in [1.165, 1.54) is 12.1 Å². The van der Waals surface area contributed by atoms with E-state index < -0.39 is 0 Å². The number of carbonyl (C=O) groups is 2. The molecule has 3 aliphatic rings. The average molecular weight is 425 g/mol. The number of ketones is 1. The van der Waals surface area contributed by atoms with Crippen molar-refractivity contribution in [1.82, 2.24) is 9.80 Å². The fraction of sp³-hybridized carbons (Fsp3) is 0.619. The van der Waals surface area contributed by atoms with Crippen LogP contribution in [0.2, 0.25) is 5.02 Å². The standard InChI is InChI=1S/C21H26ClFN2O4/c22-18-10-16(23)1-2-20(18)28-12-14-3-6-24(7-4-14)21(27)25-8-5-19-15(11-25)9-17(26)13-29-19/h1-2,10,14-15,19H,3-9,11-13H2/t15-,19+/m1/s1. The Labute approximate surface area is 174 Å². The molecule has 0 N–H and O–H groups in total. The molecule has 0 saturated carbocycles. The van der Waals surface area contributed by atoms with Gasteiger partial charge in [0.15, 0.2) is 5.78 Å². The third-order valence-corrected chi connectivity index (χ3v) is 6.43. The van der Waals surface area contributed by atoms with Crippen LogP contribution in [-0.4, -0.2) is 67.1 Å². The topological polar surface area (TPSA) is 59.1 Å². The average Bonchev–Trinajstić information content (AvgIpc) is 2.72. The van der Waals surface area contributed by atoms with Crippen LogP contribution in [0.4, 0.5) is 9.18 Å². The lowest BCUT2D eigenvalue weighted by molar-refractivity contribution is -0.140. The summed E-state index contributed by atoms with van der Waals surface area (Å²) in [7, 11) is 0. The molecule has 0 radical (unpaired) electrons. The molecule has 0 aliphatic carbocycles. The SMILES string of the molecule is O=C1CO[C@H]2CCN(C(=O)N3CCC(COc4ccc(F)cc4Cl)CC3)C[C@H]2C1. The van der Waals surface area contributed by atoms with Crippen LogP contribution in [0, 0.1) is 17.7 Å². The minimum atomic E-state index is -0.387. The van der Waals surface area contributed by atoms with Crippen LogP contribution in [0.15, 0.2) is 18.2 Å². The van der Waals surface area contributed by atoms with Crippen molar-refractivity contribution in [1.29, 1.82) is 0 Å². The Morgan fingerprint density at radius 1 is 1.21 bits per heavy atom. The maximum atomic E-state index is 13.1. The number of likely N-dealkylation sites (tertiary alicyclic amines) is 2. The second-order valence-corrected chi connectivity index (χ2v) is 8.59. The van der Waals surface area contributed by atoms with Crippen molar-refractivity contribution in [2.75, 3.05) is 39.4 Å². The zero-order valence-electron chi connectivity index (χ0n) is 16.3. The van der Waals surface area contributed by atoms with Gasteiger partial charge in [0.1, 0.15) is 18.2 Å². The van der Waals surface area contributed by atoms with Crippen molar-refractivity contribution in [2.24, 2.45) is 11.8 Å². The van der Waals surface area contributed by atoms with E-state index in [9.17, 15) is 14.0 Å². The van der Waals surface area contributed by atoms with Gasteiger partial charge in [-0.15, -0.1) is 0 Å². The Morgan fingerprint density at radius 3 is 2.72 bits per heavy atom. The first-order valence-corrected chi connectivity index (χ1v) is 10.6. The molecule has 3 heterocycles. The summed E-state index contributed by atoms with van der Waals surface area (Å²) in [6.45, 7) is 3.36. The van der Waals surface area contributed by atoms with Gasteiger partial charge in [-0.1, -0.05) is 11.6 Å². The Bertz CT molecular complexity index is 769. The fourth-order valence-electron chi connectivity index (χ4n) is 4.44. The van der Waals surface area contributed by atoms with E-state index in [0.717, 1.165) is 19.3 Å². The lowest BCUT2D eigenvalue weighted by atomic mass is 9.88. The van der Waals surface area contributed by atoms with Gasteiger partial charge in [-0.05, 0) is 43.4 Å². The van der Waals surface area contributed by atoms with E-state index in [-0.39, 0.29) is 41.3 Å². The lowest BCUT2D eigenvalue weighted by Crippen LogP contribution is -2.54. The minimum Gasteiger partial charge on any atom is -0.492 e. The third-order valence-electron chi connectivity index (χ3n) is 6.14. The van der Waals surface area contributed by atoms with E-state index in [1.54, 1.807) is 6.07 Å². The molecule has 2 amide bonds. The fourth-order valence-corrected chi connectivity index (χ4v) is 4.66. The van der Waals surface area contributed by atoms with Crippen molar-refractivity contribution in [3.05, 3.63) is 29.0 Å². The van der Waals surface area contributed by atoms with E-state index in [0.29, 0.717) is 50.9 Å². The number of amides is 2. The molecule has 0 aromatic heterocycles. The second kappa shape index (κ2) is 8.88. The molecule has 1 aromatic carbocycles. The smallest absolute Gasteiger partial charge is 0.320 e. The van der Waals surface area contributed by atoms with Gasteiger partial charge in [0.25, 0.3) is 0 Å². The highest BCUT2D eigenvalue weighted by Gasteiger charge is 2.38. The third kappa shape index (κ3) is 4.83. The largest absolute Gasteiger partial charge is 0.492 e. The number of urea groups is 1. The Balaban J connectivity index is 1.24. The summed E-state index contributed by atoms with van der Waals surface area (Å²) >= 11 is 6.00. The number of nitrogens with zero attached hydrogens (tertiary/aromatic N) is 2. The van der Waals surface area contributed by atoms with Gasteiger partial charge >= 0.3 is 6.03 Å². The highest BCUT2D eigenvalue weighted by atomic mass is 35.5. The molecule has 4 rings (SSSR count). The Hall–Kier alpha value is -1.86. The van der Waals surface area contributed by atoms with Crippen molar-refractivity contribution < 1.29 is 23.5 Å². The molecule has 0 bridgehead atoms. The highest BCUT2D eigenvalue weighted by molar-refractivity contribution is 6.32. The molecule has 8 heteroatoms. The maximum absolute atomic E-state index is 13.1. The van der Waals surface area contributed by atoms with Gasteiger partial charge in [0.05, 0.1) is 17.7 Å². The molecule has 3 fully saturated rings. The van der Waals surface area contributed by atoms with Crippen LogP contribution in [0.5, 0.6) is 5.75 Å². The van der Waals surface area contributed by atoms with Crippen LogP contribution in [0.3, 0.4) is 0 Å². The number of hydrogen-bond acceptors (Lipinski definition) is 4. The molecule has 29 heavy (non-hydrogen) atoms. The Kier molecular flexibility index (Phi) is 6.25. The van der Waals surface area contributed by atoms with Gasteiger partial charge in [-0.25, -0.2) is 9.18 Å². The first-order valence-electron chi connectivity index (χ1n) is 10.2. The molecule has 0 unspecified atom stereocenters. The van der Waals surface area contributed by atoms with E-state index in [4.69, 9.17) is 21.1 Å². The molecular formula is C21H26ClFN2O4. The lowest BCUT2D eigenvalue weighted by Gasteiger charge is -2.43. The molecular weight excluding hydrogens is 399 g/mol. The van der Waals surface area contributed by atoms with E-state index in [2.05, 4.69) is 0 Å². The van der Waals surface area contributed by atoms with Gasteiger partial charge in [0, 0.05) is 38.5 Å². The van der Waals surface area contributed by atoms with Gasteiger partial charge in [-0.2, -0.15) is 0 Å². The second-order valence-electron chi connectivity index (χ2n) is 8.19. The first-order chi connectivity index (χ1) is 14.0. The number of carbonyl (C=O) groups excluding carboxylic acids is 2. The van der Waals surface area contributed by atoms with Crippen molar-refractivity contribution in [3.8, 4) is 5.75 Å². The van der Waals surface area contributed by atoms with Gasteiger partial charge < -0.3 is 19.3 Å². The first kappa shape index (κ1) is 20.4. The summed E-state index contributed by atoms with van der Waals surface area (Å²) in [5, 5.41) is 0.270. The summed E-state index contributed by atoms with van der Waals surface area (Å²) < 4.78 is 24.5. The van der Waals surface area contributed by atoms with Crippen LogP contribution in [0.1, 0.15) is 25.7 Å². The summed E-state index contributed by atoms with van der Waals surface area (Å²) in [6.07, 6.45) is 3.13. The predicted molar refractivity (Wildman–Crippen MR) is 106 cm³/mol. The molecule has 6 nitrogen and oxygen atoms in total. The quantitative estimate of drug-likeness (QED) is 0.746.